The van der Waals surface area contributed by atoms with Crippen molar-refractivity contribution in [2.24, 2.45) is 0 Å². The number of esters is 1. The lowest BCUT2D eigenvalue weighted by atomic mass is 9.63. The summed E-state index contributed by atoms with van der Waals surface area (Å²) in [4.78, 5) is 37.2. The minimum Gasteiger partial charge on any atom is -0.458 e. The summed E-state index contributed by atoms with van der Waals surface area (Å²) >= 11 is 0. The van der Waals surface area contributed by atoms with Gasteiger partial charge in [0, 0.05) is 11.3 Å². The minimum atomic E-state index is -0.713. The van der Waals surface area contributed by atoms with Crippen LogP contribution in [0, 0.1) is 0 Å². The van der Waals surface area contributed by atoms with Crippen molar-refractivity contribution in [3.63, 3.8) is 0 Å². The summed E-state index contributed by atoms with van der Waals surface area (Å²) in [6.07, 6.45) is 3.59. The van der Waals surface area contributed by atoms with Crippen molar-refractivity contribution in [1.82, 2.24) is 0 Å². The van der Waals surface area contributed by atoms with Crippen molar-refractivity contribution in [3.05, 3.63) is 77.4 Å². The van der Waals surface area contributed by atoms with Gasteiger partial charge in [0.1, 0.15) is 6.61 Å². The van der Waals surface area contributed by atoms with E-state index in [4.69, 9.17) is 4.74 Å². The number of carbonyl (C=O) groups excluding carboxylic acids is 3. The van der Waals surface area contributed by atoms with E-state index >= 15 is 0 Å². The summed E-state index contributed by atoms with van der Waals surface area (Å²) < 4.78 is 4.97. The molecule has 2 aromatic rings. The van der Waals surface area contributed by atoms with Gasteiger partial charge in [-0.05, 0) is 65.1 Å². The third-order valence-electron chi connectivity index (χ3n) is 6.03. The van der Waals surface area contributed by atoms with Crippen molar-refractivity contribution in [2.75, 3.05) is 11.9 Å². The van der Waals surface area contributed by atoms with Crippen molar-refractivity contribution in [1.29, 1.82) is 0 Å². The van der Waals surface area contributed by atoms with E-state index in [0.717, 1.165) is 18.4 Å². The van der Waals surface area contributed by atoms with E-state index in [1.807, 2.05) is 12.1 Å². The van der Waals surface area contributed by atoms with Crippen molar-refractivity contribution in [3.8, 4) is 0 Å². The van der Waals surface area contributed by atoms with E-state index in [2.05, 4.69) is 39.6 Å². The number of benzene rings is 2. The first-order valence-corrected chi connectivity index (χ1v) is 10.4. The molecule has 1 aliphatic rings. The van der Waals surface area contributed by atoms with Crippen LogP contribution in [-0.2, 0) is 20.4 Å². The van der Waals surface area contributed by atoms with Crippen LogP contribution >= 0.6 is 0 Å². The smallest absolute Gasteiger partial charge is 0.338 e. The molecule has 0 aliphatic heterocycles. The maximum absolute atomic E-state index is 12.8. The van der Waals surface area contributed by atoms with E-state index in [1.165, 1.54) is 23.8 Å². The predicted octanol–water partition coefficient (Wildman–Crippen LogP) is 5.20. The van der Waals surface area contributed by atoms with E-state index in [9.17, 15) is 14.4 Å². The number of fused-ring (bicyclic) bond motifs is 1. The first-order valence-electron chi connectivity index (χ1n) is 10.4. The fourth-order valence-corrected chi connectivity index (χ4v) is 3.96. The average Bonchev–Trinajstić information content (AvgIpc) is 2.75. The monoisotopic (exact) mass is 419 g/mol. The third kappa shape index (κ3) is 4.76. The molecule has 0 unspecified atom stereocenters. The number of amides is 1. The highest BCUT2D eigenvalue weighted by molar-refractivity contribution is 6.46. The number of hydrogen-bond donors (Lipinski definition) is 1. The Kier molecular flexibility index (Phi) is 6.16. The highest BCUT2D eigenvalue weighted by atomic mass is 16.5. The Morgan fingerprint density at radius 2 is 1.52 bits per heavy atom. The molecule has 5 heteroatoms. The molecule has 1 amide bonds. The second kappa shape index (κ2) is 8.50. The Labute approximate surface area is 183 Å². The molecule has 0 aromatic heterocycles. The van der Waals surface area contributed by atoms with Gasteiger partial charge in [0.05, 0.1) is 5.56 Å². The normalized spacial score (nSPS) is 16.0. The van der Waals surface area contributed by atoms with Crippen LogP contribution in [0.4, 0.5) is 5.69 Å². The van der Waals surface area contributed by atoms with E-state index in [-0.39, 0.29) is 17.4 Å². The fraction of sp³-hybridized carbons (Fsp3) is 0.346. The molecule has 0 bridgehead atoms. The molecule has 0 heterocycles. The Bertz CT molecular complexity index is 1030. The fourth-order valence-electron chi connectivity index (χ4n) is 3.96. The van der Waals surface area contributed by atoms with Crippen LogP contribution in [0.2, 0.25) is 0 Å². The van der Waals surface area contributed by atoms with E-state index < -0.39 is 17.7 Å². The lowest BCUT2D eigenvalue weighted by Gasteiger charge is -2.42. The van der Waals surface area contributed by atoms with Gasteiger partial charge in [-0.15, -0.1) is 0 Å². The summed E-state index contributed by atoms with van der Waals surface area (Å²) in [5.41, 5.74) is 3.52. The van der Waals surface area contributed by atoms with Crippen molar-refractivity contribution >= 4 is 23.3 Å². The first-order chi connectivity index (χ1) is 14.5. The molecule has 162 valence electrons. The second-order valence-electron chi connectivity index (χ2n) is 9.28. The van der Waals surface area contributed by atoms with Crippen LogP contribution in [0.15, 0.2) is 55.1 Å². The Hall–Kier alpha value is -3.21. The topological polar surface area (TPSA) is 72.5 Å². The van der Waals surface area contributed by atoms with Crippen LogP contribution in [0.1, 0.15) is 72.4 Å². The maximum Gasteiger partial charge on any atom is 0.338 e. The van der Waals surface area contributed by atoms with E-state index in [1.54, 1.807) is 18.2 Å². The summed E-state index contributed by atoms with van der Waals surface area (Å²) in [5, 5.41) is 2.61. The summed E-state index contributed by atoms with van der Waals surface area (Å²) in [6, 6.07) is 11.8. The molecule has 0 radical (unpaired) electrons. The van der Waals surface area contributed by atoms with Crippen LogP contribution in [-0.4, -0.2) is 24.3 Å². The number of hydrogen-bond acceptors (Lipinski definition) is 4. The Balaban J connectivity index is 1.76. The van der Waals surface area contributed by atoms with Gasteiger partial charge in [-0.1, -0.05) is 52.5 Å². The number of carbonyl (C=O) groups is 3. The van der Waals surface area contributed by atoms with Gasteiger partial charge in [-0.25, -0.2) is 4.79 Å². The quantitative estimate of drug-likeness (QED) is 0.302. The largest absolute Gasteiger partial charge is 0.458 e. The van der Waals surface area contributed by atoms with Gasteiger partial charge in [0.2, 0.25) is 0 Å². The van der Waals surface area contributed by atoms with Gasteiger partial charge in [-0.3, -0.25) is 9.59 Å². The molecule has 3 rings (SSSR count). The summed E-state index contributed by atoms with van der Waals surface area (Å²) in [6.45, 7) is 12.4. The zero-order chi connectivity index (χ0) is 22.8. The van der Waals surface area contributed by atoms with Gasteiger partial charge < -0.3 is 10.1 Å². The number of rotatable bonds is 6. The van der Waals surface area contributed by atoms with Crippen molar-refractivity contribution < 1.29 is 19.1 Å². The molecule has 31 heavy (non-hydrogen) atoms. The molecule has 2 aromatic carbocycles. The van der Waals surface area contributed by atoms with Gasteiger partial charge in [-0.2, -0.15) is 0 Å². The average molecular weight is 420 g/mol. The predicted molar refractivity (Wildman–Crippen MR) is 122 cm³/mol. The molecular formula is C26H29NO4. The van der Waals surface area contributed by atoms with Gasteiger partial charge >= 0.3 is 5.97 Å². The number of ketones is 1. The minimum absolute atomic E-state index is 0.0449. The van der Waals surface area contributed by atoms with Gasteiger partial charge in [0.15, 0.2) is 0 Å². The zero-order valence-corrected chi connectivity index (χ0v) is 18.6. The lowest BCUT2D eigenvalue weighted by molar-refractivity contribution is -0.112. The number of anilines is 1. The second-order valence-corrected chi connectivity index (χ2v) is 9.28. The number of Topliss-reactive ketones (excluding diaryl/α,β-unsaturated/α-hetero) is 1. The Morgan fingerprint density at radius 3 is 2.13 bits per heavy atom. The lowest BCUT2D eigenvalue weighted by Crippen LogP contribution is -2.34. The third-order valence-corrected chi connectivity index (χ3v) is 6.03. The number of ether oxygens (including phenoxy) is 1. The van der Waals surface area contributed by atoms with Crippen LogP contribution < -0.4 is 5.32 Å². The van der Waals surface area contributed by atoms with Crippen LogP contribution in [0.25, 0.3) is 0 Å². The molecule has 1 aliphatic carbocycles. The molecule has 1 N–H and O–H groups in total. The maximum atomic E-state index is 12.8. The molecular weight excluding hydrogens is 390 g/mol. The van der Waals surface area contributed by atoms with E-state index in [0.29, 0.717) is 16.8 Å². The molecule has 0 saturated heterocycles. The van der Waals surface area contributed by atoms with Gasteiger partial charge in [0.25, 0.3) is 11.7 Å². The van der Waals surface area contributed by atoms with Crippen molar-refractivity contribution in [2.45, 2.75) is 51.4 Å². The molecule has 0 spiro atoms. The number of nitrogens with one attached hydrogen (secondary N) is 1. The summed E-state index contributed by atoms with van der Waals surface area (Å²) in [7, 11) is 0. The first kappa shape index (κ1) is 22.5. The molecule has 0 atom stereocenters. The molecule has 0 saturated carbocycles. The Morgan fingerprint density at radius 1 is 0.935 bits per heavy atom. The molecule has 5 nitrogen and oxygen atoms in total. The molecule has 0 fully saturated rings. The highest BCUT2D eigenvalue weighted by Gasteiger charge is 2.37. The zero-order valence-electron chi connectivity index (χ0n) is 18.6. The highest BCUT2D eigenvalue weighted by Crippen LogP contribution is 2.45. The van der Waals surface area contributed by atoms with Crippen LogP contribution in [0.5, 0.6) is 0 Å². The summed E-state index contributed by atoms with van der Waals surface area (Å²) in [5.74, 6) is -1.78. The van der Waals surface area contributed by atoms with Crippen LogP contribution in [0.3, 0.4) is 0 Å². The standard InChI is InChI=1S/C26H29NO4/c1-6-15-31-24(30)17-7-10-19(11-8-17)27-23(29)22(28)18-9-12-20-21(16-18)26(4,5)14-13-25(20,2)3/h6-12,16H,1,13-15H2,2-5H3,(H,27,29). The SMILES string of the molecule is C=CCOC(=O)c1ccc(NC(=O)C(=O)c2ccc3c(c2)C(C)(C)CCC3(C)C)cc1.